The van der Waals surface area contributed by atoms with Crippen LogP contribution in [0.3, 0.4) is 0 Å². The molecule has 0 heterocycles. The molecule has 0 amide bonds. The molecule has 0 saturated heterocycles. The van der Waals surface area contributed by atoms with E-state index >= 15 is 0 Å². The number of hydrogen-bond donors (Lipinski definition) is 1. The summed E-state index contributed by atoms with van der Waals surface area (Å²) in [6, 6.07) is 1.13. The van der Waals surface area contributed by atoms with Crippen LogP contribution in [0.25, 0.3) is 0 Å². The van der Waals surface area contributed by atoms with E-state index in [1.54, 1.807) is 0 Å². The maximum atomic E-state index is 11.7. The van der Waals surface area contributed by atoms with E-state index in [1.165, 1.54) is 19.1 Å². The molecule has 0 aromatic heterocycles. The second-order valence-corrected chi connectivity index (χ2v) is 7.86. The quantitative estimate of drug-likeness (QED) is 0.793. The summed E-state index contributed by atoms with van der Waals surface area (Å²) in [5.41, 5.74) is 5.66. The van der Waals surface area contributed by atoms with Crippen LogP contribution in [0.1, 0.15) is 38.5 Å². The van der Waals surface area contributed by atoms with E-state index in [-0.39, 0.29) is 5.25 Å². The smallest absolute Gasteiger partial charge is 0.150 e. The topological polar surface area (TPSA) is 63.4 Å². The van der Waals surface area contributed by atoms with Gasteiger partial charge in [-0.3, -0.25) is 4.90 Å². The first-order valence-electron chi connectivity index (χ1n) is 6.67. The maximum absolute atomic E-state index is 11.7. The molecule has 2 N–H and O–H groups in total. The summed E-state index contributed by atoms with van der Waals surface area (Å²) < 4.78 is 23.3. The van der Waals surface area contributed by atoms with Crippen molar-refractivity contribution in [1.29, 1.82) is 0 Å². The van der Waals surface area contributed by atoms with Gasteiger partial charge in [0.05, 0.1) is 5.25 Å². The lowest BCUT2D eigenvalue weighted by molar-refractivity contribution is 0.152. The second kappa shape index (κ2) is 5.24. The Balaban J connectivity index is 1.99. The fourth-order valence-electron chi connectivity index (χ4n) is 3.03. The molecule has 2 fully saturated rings. The zero-order valence-corrected chi connectivity index (χ0v) is 11.5. The molecule has 2 unspecified atom stereocenters. The van der Waals surface area contributed by atoms with Gasteiger partial charge in [0, 0.05) is 31.4 Å². The van der Waals surface area contributed by atoms with Gasteiger partial charge < -0.3 is 5.73 Å². The van der Waals surface area contributed by atoms with E-state index in [2.05, 4.69) is 4.90 Å². The molecule has 0 aliphatic heterocycles. The average Bonchev–Trinajstić information content (AvgIpc) is 3.09. The van der Waals surface area contributed by atoms with Gasteiger partial charge in [-0.15, -0.1) is 0 Å². The number of sulfone groups is 1. The van der Waals surface area contributed by atoms with Crippen molar-refractivity contribution < 1.29 is 8.42 Å². The first-order valence-corrected chi connectivity index (χ1v) is 8.62. The summed E-state index contributed by atoms with van der Waals surface area (Å²) in [6.07, 6.45) is 7.75. The van der Waals surface area contributed by atoms with Crippen LogP contribution >= 0.6 is 0 Å². The molecule has 100 valence electrons. The van der Waals surface area contributed by atoms with Gasteiger partial charge in [0.25, 0.3) is 0 Å². The minimum absolute atomic E-state index is 0.125. The summed E-state index contributed by atoms with van der Waals surface area (Å²) in [6.45, 7) is 1.60. The van der Waals surface area contributed by atoms with Crippen LogP contribution in [0.5, 0.6) is 0 Å². The third-order valence-corrected chi connectivity index (χ3v) is 5.72. The summed E-state index contributed by atoms with van der Waals surface area (Å²) in [4.78, 5) is 2.47. The Morgan fingerprint density at radius 2 is 1.88 bits per heavy atom. The van der Waals surface area contributed by atoms with Crippen molar-refractivity contribution in [1.82, 2.24) is 4.90 Å². The Morgan fingerprint density at radius 1 is 1.18 bits per heavy atom. The molecule has 4 nitrogen and oxygen atoms in total. The van der Waals surface area contributed by atoms with Gasteiger partial charge in [-0.1, -0.05) is 6.42 Å². The van der Waals surface area contributed by atoms with E-state index in [0.717, 1.165) is 32.2 Å². The molecule has 2 aliphatic carbocycles. The molecule has 0 spiro atoms. The summed E-state index contributed by atoms with van der Waals surface area (Å²) in [7, 11) is -2.87. The molecule has 0 aromatic carbocycles. The molecule has 5 heteroatoms. The van der Waals surface area contributed by atoms with Crippen molar-refractivity contribution in [2.45, 2.75) is 55.9 Å². The van der Waals surface area contributed by atoms with Crippen LogP contribution in [0.4, 0.5) is 0 Å². The Morgan fingerprint density at radius 3 is 2.41 bits per heavy atom. The van der Waals surface area contributed by atoms with Gasteiger partial charge in [0.15, 0.2) is 0 Å². The third kappa shape index (κ3) is 3.42. The maximum Gasteiger partial charge on any atom is 0.150 e. The zero-order chi connectivity index (χ0) is 12.5. The average molecular weight is 260 g/mol. The van der Waals surface area contributed by atoms with Crippen LogP contribution in [0.2, 0.25) is 0 Å². The largest absolute Gasteiger partial charge is 0.329 e. The zero-order valence-electron chi connectivity index (χ0n) is 10.6. The highest BCUT2D eigenvalue weighted by molar-refractivity contribution is 7.91. The van der Waals surface area contributed by atoms with E-state index in [9.17, 15) is 8.42 Å². The van der Waals surface area contributed by atoms with Crippen LogP contribution in [-0.2, 0) is 9.84 Å². The van der Waals surface area contributed by atoms with Crippen LogP contribution in [-0.4, -0.2) is 50.0 Å². The van der Waals surface area contributed by atoms with E-state index < -0.39 is 9.84 Å². The Hall–Kier alpha value is -0.130. The normalized spacial score (nSPS) is 30.8. The van der Waals surface area contributed by atoms with Gasteiger partial charge in [-0.25, -0.2) is 8.42 Å². The minimum Gasteiger partial charge on any atom is -0.329 e. The van der Waals surface area contributed by atoms with E-state index in [4.69, 9.17) is 5.73 Å². The standard InChI is InChI=1S/C12H24N2O2S/c1-17(15,16)12-4-2-3-11(9-12)14(8-7-13)10-5-6-10/h10-12H,2-9,13H2,1H3. The first-order chi connectivity index (χ1) is 8.02. The second-order valence-electron chi connectivity index (χ2n) is 5.53. The predicted octanol–water partition coefficient (Wildman–Crippen LogP) is 0.765. The Labute approximate surface area is 104 Å². The molecule has 0 bridgehead atoms. The molecule has 0 aromatic rings. The van der Waals surface area contributed by atoms with Crippen molar-refractivity contribution >= 4 is 9.84 Å². The summed E-state index contributed by atoms with van der Waals surface area (Å²) >= 11 is 0. The van der Waals surface area contributed by atoms with Crippen LogP contribution in [0, 0.1) is 0 Å². The molecule has 2 saturated carbocycles. The lowest BCUT2D eigenvalue weighted by atomic mass is 9.93. The number of nitrogens with zero attached hydrogens (tertiary/aromatic N) is 1. The van der Waals surface area contributed by atoms with Crippen LogP contribution in [0.15, 0.2) is 0 Å². The molecule has 2 atom stereocenters. The fourth-order valence-corrected chi connectivity index (χ4v) is 4.20. The van der Waals surface area contributed by atoms with E-state index in [0.29, 0.717) is 18.6 Å². The summed E-state index contributed by atoms with van der Waals surface area (Å²) in [5.74, 6) is 0. The lowest BCUT2D eigenvalue weighted by Crippen LogP contribution is -2.45. The van der Waals surface area contributed by atoms with Crippen molar-refractivity contribution in [3.8, 4) is 0 Å². The van der Waals surface area contributed by atoms with Crippen molar-refractivity contribution in [3.05, 3.63) is 0 Å². The van der Waals surface area contributed by atoms with Gasteiger partial charge >= 0.3 is 0 Å². The molecular formula is C12H24N2O2S. The van der Waals surface area contributed by atoms with Crippen LogP contribution < -0.4 is 5.73 Å². The number of hydrogen-bond acceptors (Lipinski definition) is 4. The first kappa shape index (κ1) is 13.3. The highest BCUT2D eigenvalue weighted by Gasteiger charge is 2.37. The Kier molecular flexibility index (Phi) is 4.10. The number of rotatable bonds is 5. The van der Waals surface area contributed by atoms with Crippen molar-refractivity contribution in [3.63, 3.8) is 0 Å². The fraction of sp³-hybridized carbons (Fsp3) is 1.00. The molecule has 2 aliphatic rings. The van der Waals surface area contributed by atoms with Gasteiger partial charge in [-0.05, 0) is 32.1 Å². The molecule has 2 rings (SSSR count). The molecule has 0 radical (unpaired) electrons. The monoisotopic (exact) mass is 260 g/mol. The van der Waals surface area contributed by atoms with Gasteiger partial charge in [0.1, 0.15) is 9.84 Å². The predicted molar refractivity (Wildman–Crippen MR) is 69.7 cm³/mol. The summed E-state index contributed by atoms with van der Waals surface area (Å²) in [5, 5.41) is -0.125. The SMILES string of the molecule is CS(=O)(=O)C1CCCC(N(CCN)C2CC2)C1. The highest BCUT2D eigenvalue weighted by Crippen LogP contribution is 2.34. The third-order valence-electron chi connectivity index (χ3n) is 4.08. The Bertz CT molecular complexity index is 352. The van der Waals surface area contributed by atoms with Crippen molar-refractivity contribution in [2.24, 2.45) is 5.73 Å². The molecular weight excluding hydrogens is 236 g/mol. The highest BCUT2D eigenvalue weighted by atomic mass is 32.2. The minimum atomic E-state index is -2.87. The van der Waals surface area contributed by atoms with Crippen molar-refractivity contribution in [2.75, 3.05) is 19.3 Å². The van der Waals surface area contributed by atoms with E-state index in [1.807, 2.05) is 0 Å². The van der Waals surface area contributed by atoms with Gasteiger partial charge in [-0.2, -0.15) is 0 Å². The lowest BCUT2D eigenvalue weighted by Gasteiger charge is -2.37. The number of nitrogens with two attached hydrogens (primary N) is 1. The molecule has 17 heavy (non-hydrogen) atoms. The van der Waals surface area contributed by atoms with Gasteiger partial charge in [0.2, 0.25) is 0 Å².